The van der Waals surface area contributed by atoms with Gasteiger partial charge in [0.05, 0.1) is 0 Å². The highest BCUT2D eigenvalue weighted by molar-refractivity contribution is 5.42. The number of allylic oxidation sites excluding steroid dienone is 2. The summed E-state index contributed by atoms with van der Waals surface area (Å²) in [4.78, 5) is 0. The fourth-order valence-electron chi connectivity index (χ4n) is 2.65. The molecule has 0 heterocycles. The lowest BCUT2D eigenvalue weighted by atomic mass is 9.89. The summed E-state index contributed by atoms with van der Waals surface area (Å²) in [6, 6.07) is 4.60. The summed E-state index contributed by atoms with van der Waals surface area (Å²) in [5.74, 6) is 0.676. The SMILES string of the molecule is Cc1cc(C)c(C2C=CCC2)c(C)c1. The first-order valence-corrected chi connectivity index (χ1v) is 5.43. The summed E-state index contributed by atoms with van der Waals surface area (Å²) < 4.78 is 0. The molecule has 1 aliphatic carbocycles. The number of rotatable bonds is 1. The molecule has 0 amide bonds. The number of hydrogen-bond donors (Lipinski definition) is 0. The maximum absolute atomic E-state index is 2.37. The molecule has 0 aromatic heterocycles. The highest BCUT2D eigenvalue weighted by atomic mass is 14.2. The normalized spacial score (nSPS) is 20.4. The van der Waals surface area contributed by atoms with Gasteiger partial charge in [0.2, 0.25) is 0 Å². The monoisotopic (exact) mass is 186 g/mol. The summed E-state index contributed by atoms with van der Waals surface area (Å²) in [5, 5.41) is 0. The molecule has 1 aromatic rings. The Morgan fingerprint density at radius 3 is 2.21 bits per heavy atom. The van der Waals surface area contributed by atoms with Crippen LogP contribution in [0.4, 0.5) is 0 Å². The predicted octanol–water partition coefficient (Wildman–Crippen LogP) is 4.05. The first-order valence-electron chi connectivity index (χ1n) is 5.43. The molecule has 2 rings (SSSR count). The van der Waals surface area contributed by atoms with E-state index in [1.807, 2.05) is 0 Å². The molecule has 0 fully saturated rings. The van der Waals surface area contributed by atoms with Gasteiger partial charge in [-0.15, -0.1) is 0 Å². The van der Waals surface area contributed by atoms with Gasteiger partial charge in [-0.25, -0.2) is 0 Å². The Kier molecular flexibility index (Phi) is 2.45. The highest BCUT2D eigenvalue weighted by Crippen LogP contribution is 2.33. The van der Waals surface area contributed by atoms with Crippen molar-refractivity contribution < 1.29 is 0 Å². The lowest BCUT2D eigenvalue weighted by Gasteiger charge is -2.16. The molecular formula is C14H18. The van der Waals surface area contributed by atoms with Crippen LogP contribution in [0.25, 0.3) is 0 Å². The second-order valence-electron chi connectivity index (χ2n) is 4.42. The van der Waals surface area contributed by atoms with Crippen LogP contribution in [0, 0.1) is 20.8 Å². The van der Waals surface area contributed by atoms with Crippen molar-refractivity contribution in [2.24, 2.45) is 0 Å². The van der Waals surface area contributed by atoms with Gasteiger partial charge >= 0.3 is 0 Å². The molecule has 1 atom stereocenters. The van der Waals surface area contributed by atoms with E-state index in [4.69, 9.17) is 0 Å². The van der Waals surface area contributed by atoms with E-state index in [0.717, 1.165) is 0 Å². The zero-order valence-electron chi connectivity index (χ0n) is 9.30. The van der Waals surface area contributed by atoms with Crippen molar-refractivity contribution in [3.63, 3.8) is 0 Å². The zero-order valence-corrected chi connectivity index (χ0v) is 9.30. The molecular weight excluding hydrogens is 168 g/mol. The molecule has 0 spiro atoms. The van der Waals surface area contributed by atoms with E-state index < -0.39 is 0 Å². The van der Waals surface area contributed by atoms with Crippen molar-refractivity contribution in [1.29, 1.82) is 0 Å². The third-order valence-corrected chi connectivity index (χ3v) is 3.12. The van der Waals surface area contributed by atoms with Gasteiger partial charge < -0.3 is 0 Å². The second-order valence-corrected chi connectivity index (χ2v) is 4.42. The lowest BCUT2D eigenvalue weighted by molar-refractivity contribution is 0.788. The zero-order chi connectivity index (χ0) is 10.1. The summed E-state index contributed by atoms with van der Waals surface area (Å²) in [6.07, 6.45) is 7.22. The Morgan fingerprint density at radius 1 is 1.07 bits per heavy atom. The van der Waals surface area contributed by atoms with Gasteiger partial charge in [-0.2, -0.15) is 0 Å². The van der Waals surface area contributed by atoms with Crippen LogP contribution < -0.4 is 0 Å². The smallest absolute Gasteiger partial charge is 0.00261 e. The second kappa shape index (κ2) is 3.61. The average Bonchev–Trinajstić information content (AvgIpc) is 2.54. The van der Waals surface area contributed by atoms with Crippen LogP contribution in [0.5, 0.6) is 0 Å². The van der Waals surface area contributed by atoms with Gasteiger partial charge in [0.15, 0.2) is 0 Å². The van der Waals surface area contributed by atoms with Gasteiger partial charge in [0.25, 0.3) is 0 Å². The maximum Gasteiger partial charge on any atom is 0.00261 e. The van der Waals surface area contributed by atoms with E-state index >= 15 is 0 Å². The first kappa shape index (κ1) is 9.51. The molecule has 1 aliphatic rings. The average molecular weight is 186 g/mol. The van der Waals surface area contributed by atoms with Crippen LogP contribution in [0.1, 0.15) is 41.0 Å². The molecule has 1 aromatic carbocycles. The molecule has 0 saturated carbocycles. The third kappa shape index (κ3) is 1.61. The Bertz CT molecular complexity index is 349. The maximum atomic E-state index is 2.37. The molecule has 14 heavy (non-hydrogen) atoms. The molecule has 0 heteroatoms. The Morgan fingerprint density at radius 2 is 1.71 bits per heavy atom. The van der Waals surface area contributed by atoms with E-state index in [0.29, 0.717) is 5.92 Å². The Labute approximate surface area is 86.7 Å². The van der Waals surface area contributed by atoms with Crippen molar-refractivity contribution >= 4 is 0 Å². The Hall–Kier alpha value is -1.04. The van der Waals surface area contributed by atoms with Crippen molar-refractivity contribution in [2.45, 2.75) is 39.5 Å². The van der Waals surface area contributed by atoms with Crippen LogP contribution in [-0.2, 0) is 0 Å². The van der Waals surface area contributed by atoms with E-state index in [9.17, 15) is 0 Å². The van der Waals surface area contributed by atoms with Crippen LogP contribution in [0.15, 0.2) is 24.3 Å². The summed E-state index contributed by atoms with van der Waals surface area (Å²) >= 11 is 0. The standard InChI is InChI=1S/C14H18/c1-10-8-11(2)14(12(3)9-10)13-6-4-5-7-13/h4,6,8-9,13H,5,7H2,1-3H3. The number of aryl methyl sites for hydroxylation is 3. The predicted molar refractivity (Wildman–Crippen MR) is 61.8 cm³/mol. The van der Waals surface area contributed by atoms with E-state index in [2.05, 4.69) is 45.1 Å². The molecule has 0 nitrogen and oxygen atoms in total. The van der Waals surface area contributed by atoms with Crippen molar-refractivity contribution in [2.75, 3.05) is 0 Å². The van der Waals surface area contributed by atoms with Gasteiger partial charge in [-0.3, -0.25) is 0 Å². The molecule has 0 N–H and O–H groups in total. The fraction of sp³-hybridized carbons (Fsp3) is 0.429. The summed E-state index contributed by atoms with van der Waals surface area (Å²) in [5.41, 5.74) is 5.85. The first-order chi connectivity index (χ1) is 6.68. The third-order valence-electron chi connectivity index (χ3n) is 3.12. The minimum Gasteiger partial charge on any atom is -0.0879 e. The lowest BCUT2D eigenvalue weighted by Crippen LogP contribution is -1.99. The molecule has 74 valence electrons. The van der Waals surface area contributed by atoms with Crippen LogP contribution in [-0.4, -0.2) is 0 Å². The van der Waals surface area contributed by atoms with E-state index in [1.54, 1.807) is 5.56 Å². The van der Waals surface area contributed by atoms with Crippen molar-refractivity contribution in [3.8, 4) is 0 Å². The number of benzene rings is 1. The quantitative estimate of drug-likeness (QED) is 0.580. The van der Waals surface area contributed by atoms with Gasteiger partial charge in [0, 0.05) is 5.92 Å². The van der Waals surface area contributed by atoms with Crippen molar-refractivity contribution in [3.05, 3.63) is 46.5 Å². The van der Waals surface area contributed by atoms with Gasteiger partial charge in [0.1, 0.15) is 0 Å². The Balaban J connectivity index is 2.46. The minimum atomic E-state index is 0.676. The molecule has 0 saturated heterocycles. The summed E-state index contributed by atoms with van der Waals surface area (Å²) in [6.45, 7) is 6.65. The van der Waals surface area contributed by atoms with Crippen molar-refractivity contribution in [1.82, 2.24) is 0 Å². The topological polar surface area (TPSA) is 0 Å². The fourth-order valence-corrected chi connectivity index (χ4v) is 2.65. The van der Waals surface area contributed by atoms with Crippen LogP contribution in [0.3, 0.4) is 0 Å². The van der Waals surface area contributed by atoms with Gasteiger partial charge in [-0.05, 0) is 50.3 Å². The molecule has 0 bridgehead atoms. The summed E-state index contributed by atoms with van der Waals surface area (Å²) in [7, 11) is 0. The molecule has 1 unspecified atom stereocenters. The van der Waals surface area contributed by atoms with E-state index in [1.165, 1.54) is 29.5 Å². The van der Waals surface area contributed by atoms with Crippen LogP contribution >= 0.6 is 0 Å². The van der Waals surface area contributed by atoms with Gasteiger partial charge in [-0.1, -0.05) is 29.8 Å². The molecule has 0 aliphatic heterocycles. The van der Waals surface area contributed by atoms with E-state index in [-0.39, 0.29) is 0 Å². The minimum absolute atomic E-state index is 0.676. The molecule has 0 radical (unpaired) electrons. The van der Waals surface area contributed by atoms with Crippen LogP contribution in [0.2, 0.25) is 0 Å². The number of hydrogen-bond acceptors (Lipinski definition) is 0. The largest absolute Gasteiger partial charge is 0.0879 e. The highest BCUT2D eigenvalue weighted by Gasteiger charge is 2.16.